The predicted octanol–water partition coefficient (Wildman–Crippen LogP) is 10.7. The van der Waals surface area contributed by atoms with Crippen molar-refractivity contribution in [3.8, 4) is 50.3 Å². The Balaban J connectivity index is 1.46. The second kappa shape index (κ2) is 12.9. The molecule has 5 heterocycles. The number of nitrogens with zero attached hydrogens (tertiary/aromatic N) is 2. The number of aliphatic hydroxyl groups is 1. The van der Waals surface area contributed by atoms with Gasteiger partial charge in [-0.15, -0.1) is 0 Å². The zero-order chi connectivity index (χ0) is 34.1. The minimum atomic E-state index is -0.403. The number of aromatic nitrogens is 4. The number of H-pyrrole nitrogens is 2. The van der Waals surface area contributed by atoms with Crippen molar-refractivity contribution >= 4 is 46.4 Å². The molecule has 0 aliphatic carbocycles. The van der Waals surface area contributed by atoms with Crippen LogP contribution in [0.3, 0.4) is 0 Å². The number of aromatic amines is 2. The summed E-state index contributed by atoms with van der Waals surface area (Å²) in [5.41, 5.74) is 15.2. The van der Waals surface area contributed by atoms with Crippen LogP contribution in [-0.2, 0) is 0 Å². The van der Waals surface area contributed by atoms with Crippen LogP contribution in [0.25, 0.3) is 90.9 Å². The highest BCUT2D eigenvalue weighted by Crippen LogP contribution is 2.39. The van der Waals surface area contributed by atoms with Crippen molar-refractivity contribution in [2.24, 2.45) is 0 Å². The van der Waals surface area contributed by atoms with Gasteiger partial charge in [0.05, 0.1) is 28.3 Å². The Labute approximate surface area is 294 Å². The van der Waals surface area contributed by atoms with Crippen LogP contribution < -0.4 is 4.74 Å². The van der Waals surface area contributed by atoms with E-state index in [1.165, 1.54) is 0 Å². The first-order chi connectivity index (χ1) is 25.2. The molecular formula is C45H32N4O2. The highest BCUT2D eigenvalue weighted by molar-refractivity contribution is 6.01. The molecule has 2 aliphatic heterocycles. The van der Waals surface area contributed by atoms with Gasteiger partial charge in [-0.25, -0.2) is 9.97 Å². The van der Waals surface area contributed by atoms with Crippen LogP contribution in [0.4, 0.5) is 0 Å². The van der Waals surface area contributed by atoms with Gasteiger partial charge in [-0.05, 0) is 83.0 Å². The van der Waals surface area contributed by atoms with Crippen molar-refractivity contribution in [2.75, 3.05) is 6.79 Å². The average Bonchev–Trinajstić information content (AvgIpc) is 4.00. The van der Waals surface area contributed by atoms with E-state index in [1.807, 2.05) is 36.4 Å². The summed E-state index contributed by atoms with van der Waals surface area (Å²) in [5, 5.41) is 9.53. The van der Waals surface area contributed by atoms with E-state index < -0.39 is 6.79 Å². The quantitative estimate of drug-likeness (QED) is 0.155. The first-order valence-corrected chi connectivity index (χ1v) is 16.9. The molecule has 6 nitrogen and oxygen atoms in total. The Bertz CT molecular complexity index is 2640. The Morgan fingerprint density at radius 2 is 1.04 bits per heavy atom. The number of aliphatic hydroxyl groups excluding tert-OH is 1. The van der Waals surface area contributed by atoms with Gasteiger partial charge in [0.15, 0.2) is 6.79 Å². The molecule has 0 radical (unpaired) electrons. The molecule has 7 aromatic rings. The lowest BCUT2D eigenvalue weighted by atomic mass is 9.99. The summed E-state index contributed by atoms with van der Waals surface area (Å²) in [6.07, 6.45) is 8.36. The number of hydrogen-bond donors (Lipinski definition) is 3. The fourth-order valence-corrected chi connectivity index (χ4v) is 7.01. The van der Waals surface area contributed by atoms with Gasteiger partial charge in [0.1, 0.15) is 5.75 Å². The molecule has 3 aromatic heterocycles. The van der Waals surface area contributed by atoms with Gasteiger partial charge >= 0.3 is 0 Å². The van der Waals surface area contributed by atoms with E-state index in [4.69, 9.17) is 14.7 Å². The van der Waals surface area contributed by atoms with E-state index in [2.05, 4.69) is 137 Å². The van der Waals surface area contributed by atoms with Gasteiger partial charge < -0.3 is 19.8 Å². The molecule has 9 rings (SSSR count). The molecule has 3 N–H and O–H groups in total. The molecule has 0 amide bonds. The monoisotopic (exact) mass is 660 g/mol. The van der Waals surface area contributed by atoms with Crippen LogP contribution in [-0.4, -0.2) is 31.8 Å². The van der Waals surface area contributed by atoms with E-state index in [1.54, 1.807) is 0 Å². The first kappa shape index (κ1) is 30.3. The lowest BCUT2D eigenvalue weighted by Gasteiger charge is -2.08. The zero-order valence-corrected chi connectivity index (χ0v) is 27.5. The third kappa shape index (κ3) is 5.73. The Hall–Kier alpha value is -6.76. The van der Waals surface area contributed by atoms with Crippen LogP contribution in [0.2, 0.25) is 0 Å². The van der Waals surface area contributed by atoms with Gasteiger partial charge in [-0.3, -0.25) is 0 Å². The van der Waals surface area contributed by atoms with Crippen molar-refractivity contribution < 1.29 is 9.84 Å². The van der Waals surface area contributed by atoms with E-state index in [0.717, 1.165) is 89.4 Å². The van der Waals surface area contributed by atoms with Crippen LogP contribution in [0, 0.1) is 0 Å². The van der Waals surface area contributed by atoms with E-state index in [-0.39, 0.29) is 0 Å². The normalized spacial score (nSPS) is 11.9. The molecule has 0 unspecified atom stereocenters. The maximum atomic E-state index is 9.53. The van der Waals surface area contributed by atoms with Gasteiger partial charge in [-0.1, -0.05) is 103 Å². The van der Waals surface area contributed by atoms with Crippen molar-refractivity contribution in [3.05, 3.63) is 162 Å². The van der Waals surface area contributed by atoms with Crippen molar-refractivity contribution in [1.29, 1.82) is 0 Å². The second-order valence-corrected chi connectivity index (χ2v) is 12.4. The number of benzene rings is 4. The lowest BCUT2D eigenvalue weighted by Crippen LogP contribution is -1.94. The smallest absolute Gasteiger partial charge is 0.186 e. The van der Waals surface area contributed by atoms with E-state index in [0.29, 0.717) is 5.75 Å². The topological polar surface area (TPSA) is 86.8 Å². The molecule has 0 fully saturated rings. The van der Waals surface area contributed by atoms with Crippen LogP contribution in [0.1, 0.15) is 22.8 Å². The summed E-state index contributed by atoms with van der Waals surface area (Å²) in [4.78, 5) is 18.1. The van der Waals surface area contributed by atoms with Crippen molar-refractivity contribution in [3.63, 3.8) is 0 Å². The van der Waals surface area contributed by atoms with Crippen LogP contribution in [0.5, 0.6) is 5.75 Å². The largest absolute Gasteiger partial charge is 0.468 e. The summed E-state index contributed by atoms with van der Waals surface area (Å²) >= 11 is 0. The number of ether oxygens (including phenoxy) is 1. The highest BCUT2D eigenvalue weighted by atomic mass is 16.6. The predicted molar refractivity (Wildman–Crippen MR) is 208 cm³/mol. The maximum Gasteiger partial charge on any atom is 0.186 e. The third-order valence-corrected chi connectivity index (χ3v) is 9.25. The molecule has 2 aliphatic rings. The minimum absolute atomic E-state index is 0.403. The number of nitrogens with one attached hydrogen (secondary N) is 2. The van der Waals surface area contributed by atoms with Gasteiger partial charge in [-0.2, -0.15) is 0 Å². The van der Waals surface area contributed by atoms with Gasteiger partial charge in [0.2, 0.25) is 0 Å². The second-order valence-electron chi connectivity index (χ2n) is 12.4. The summed E-state index contributed by atoms with van der Waals surface area (Å²) in [7, 11) is 0. The zero-order valence-electron chi connectivity index (χ0n) is 27.5. The molecule has 8 bridgehead atoms. The lowest BCUT2D eigenvalue weighted by molar-refractivity contribution is 0.0986. The fraction of sp³-hybridized carbons (Fsp3) is 0.0222. The molecule has 244 valence electrons. The Morgan fingerprint density at radius 3 is 1.67 bits per heavy atom. The average molecular weight is 661 g/mol. The maximum absolute atomic E-state index is 9.53. The number of fused-ring (bicyclic) bond motifs is 8. The summed E-state index contributed by atoms with van der Waals surface area (Å²) in [5.74, 6) is 0.583. The van der Waals surface area contributed by atoms with Crippen LogP contribution >= 0.6 is 0 Å². The molecule has 6 heteroatoms. The Morgan fingerprint density at radius 1 is 0.490 bits per heavy atom. The number of rotatable bonds is 6. The summed E-state index contributed by atoms with van der Waals surface area (Å²) in [6, 6.07) is 47.5. The highest BCUT2D eigenvalue weighted by Gasteiger charge is 2.19. The summed E-state index contributed by atoms with van der Waals surface area (Å²) in [6.45, 7) is -0.403. The number of hydrogen-bond acceptors (Lipinski definition) is 4. The molecule has 0 saturated carbocycles. The molecule has 4 aromatic carbocycles. The fourth-order valence-electron chi connectivity index (χ4n) is 7.01. The van der Waals surface area contributed by atoms with Crippen molar-refractivity contribution in [2.45, 2.75) is 0 Å². The van der Waals surface area contributed by atoms with Gasteiger partial charge in [0.25, 0.3) is 0 Å². The molecule has 0 spiro atoms. The molecule has 51 heavy (non-hydrogen) atoms. The summed E-state index contributed by atoms with van der Waals surface area (Å²) < 4.78 is 5.50. The minimum Gasteiger partial charge on any atom is -0.468 e. The molecular weight excluding hydrogens is 629 g/mol. The Kier molecular flexibility index (Phi) is 7.69. The third-order valence-electron chi connectivity index (χ3n) is 9.25. The van der Waals surface area contributed by atoms with E-state index in [9.17, 15) is 5.11 Å². The standard InChI is InChI=1S/C45H32N4O2/c50-28-51-35-18-10-17-32(25-35)36-27-34-26-33-19-20-37(46-33)42(29-11-4-1-5-12-29)38-21-22-39(48-38)43(30-13-6-2-7-14-30)40-23-24-41(49-40)44(45(36)47-34)31-15-8-3-9-16-31/h1-27,47-48,50H,28H2. The van der Waals surface area contributed by atoms with Crippen molar-refractivity contribution in [1.82, 2.24) is 19.9 Å². The first-order valence-electron chi connectivity index (χ1n) is 16.9. The molecule has 0 atom stereocenters. The SMILES string of the molecule is OCOc1cccc(-c2cc3cc4nc(c(-c5ccccc5)c5ccc([nH]5)c(-c5ccccc5)c5nc(c(-c6ccccc6)c2[nH]3)C=C5)C=C4)c1. The van der Waals surface area contributed by atoms with Crippen LogP contribution in [0.15, 0.2) is 140 Å². The van der Waals surface area contributed by atoms with E-state index >= 15 is 0 Å². The van der Waals surface area contributed by atoms with Gasteiger partial charge in [0, 0.05) is 38.8 Å². The molecule has 0 saturated heterocycles.